The van der Waals surface area contributed by atoms with Crippen molar-refractivity contribution in [1.29, 1.82) is 0 Å². The summed E-state index contributed by atoms with van der Waals surface area (Å²) in [6.45, 7) is 5.31. The fourth-order valence-corrected chi connectivity index (χ4v) is 4.49. The van der Waals surface area contributed by atoms with E-state index in [1.54, 1.807) is 11.6 Å². The number of amides is 1. The average Bonchev–Trinajstić information content (AvgIpc) is 2.69. The van der Waals surface area contributed by atoms with Gasteiger partial charge in [0.05, 0.1) is 5.25 Å². The van der Waals surface area contributed by atoms with E-state index in [2.05, 4.69) is 33.2 Å². The van der Waals surface area contributed by atoms with Crippen LogP contribution in [0, 0.1) is 6.92 Å². The van der Waals surface area contributed by atoms with Gasteiger partial charge in [-0.1, -0.05) is 53.2 Å². The van der Waals surface area contributed by atoms with E-state index in [4.69, 9.17) is 0 Å². The summed E-state index contributed by atoms with van der Waals surface area (Å²) in [6, 6.07) is 7.94. The van der Waals surface area contributed by atoms with Gasteiger partial charge in [0.15, 0.2) is 5.16 Å². The fourth-order valence-electron chi connectivity index (χ4n) is 2.99. The Balaban J connectivity index is 2.20. The molecular formula is C22H31BrN4O2S. The Morgan fingerprint density at radius 1 is 1.30 bits per heavy atom. The van der Waals surface area contributed by atoms with E-state index >= 15 is 0 Å². The maximum Gasteiger partial charge on any atom is 0.257 e. The normalized spacial score (nSPS) is 12.2. The van der Waals surface area contributed by atoms with Gasteiger partial charge in [-0.15, -0.1) is 0 Å². The van der Waals surface area contributed by atoms with Gasteiger partial charge in [0.1, 0.15) is 0 Å². The lowest BCUT2D eigenvalue weighted by Crippen LogP contribution is -2.37. The molecule has 1 amide bonds. The molecule has 0 bridgehead atoms. The number of benzene rings is 1. The third kappa shape index (κ3) is 6.96. The number of hydrogen-bond donors (Lipinski definition) is 1. The quantitative estimate of drug-likeness (QED) is 0.405. The summed E-state index contributed by atoms with van der Waals surface area (Å²) in [5.74, 6) is -0.00505. The van der Waals surface area contributed by atoms with Gasteiger partial charge in [0.2, 0.25) is 5.91 Å². The first-order chi connectivity index (χ1) is 14.2. The van der Waals surface area contributed by atoms with Crippen LogP contribution in [0.2, 0.25) is 0 Å². The zero-order valence-corrected chi connectivity index (χ0v) is 20.8. The van der Waals surface area contributed by atoms with Crippen LogP contribution >= 0.6 is 27.7 Å². The van der Waals surface area contributed by atoms with Crippen LogP contribution in [-0.2, 0) is 18.3 Å². The van der Waals surface area contributed by atoms with Crippen molar-refractivity contribution in [3.8, 4) is 0 Å². The second kappa shape index (κ2) is 11.7. The van der Waals surface area contributed by atoms with E-state index in [1.165, 1.54) is 11.8 Å². The van der Waals surface area contributed by atoms with Crippen LogP contribution < -0.4 is 10.9 Å². The van der Waals surface area contributed by atoms with Gasteiger partial charge >= 0.3 is 0 Å². The lowest BCUT2D eigenvalue weighted by atomic mass is 10.1. The SMILES string of the molecule is CCCC(Sc1nc(C)c(Cc2ccc(Br)cc2)c(=O)n1C)C(=O)NCCN(C)C. The Morgan fingerprint density at radius 3 is 2.57 bits per heavy atom. The Morgan fingerprint density at radius 2 is 1.97 bits per heavy atom. The van der Waals surface area contributed by atoms with E-state index in [-0.39, 0.29) is 16.7 Å². The molecular weight excluding hydrogens is 464 g/mol. The third-order valence-corrected chi connectivity index (χ3v) is 6.63. The number of rotatable bonds is 10. The fraction of sp³-hybridized carbons (Fsp3) is 0.500. The molecule has 2 rings (SSSR count). The highest BCUT2D eigenvalue weighted by Crippen LogP contribution is 2.25. The molecule has 1 aromatic heterocycles. The summed E-state index contributed by atoms with van der Waals surface area (Å²) in [6.07, 6.45) is 2.15. The first kappa shape index (κ1) is 24.6. The first-order valence-electron chi connectivity index (χ1n) is 10.1. The summed E-state index contributed by atoms with van der Waals surface area (Å²) in [5, 5.41) is 3.31. The average molecular weight is 495 g/mol. The monoisotopic (exact) mass is 494 g/mol. The topological polar surface area (TPSA) is 67.2 Å². The number of aryl methyl sites for hydroxylation is 1. The highest BCUT2D eigenvalue weighted by Gasteiger charge is 2.22. The number of aromatic nitrogens is 2. The van der Waals surface area contributed by atoms with Crippen molar-refractivity contribution >= 4 is 33.6 Å². The molecule has 1 aromatic carbocycles. The molecule has 8 heteroatoms. The molecule has 2 aromatic rings. The number of likely N-dealkylation sites (N-methyl/N-ethyl adjacent to an activating group) is 1. The summed E-state index contributed by atoms with van der Waals surface area (Å²) < 4.78 is 2.58. The maximum atomic E-state index is 13.0. The van der Waals surface area contributed by atoms with Crippen molar-refractivity contribution in [2.75, 3.05) is 27.2 Å². The minimum Gasteiger partial charge on any atom is -0.354 e. The van der Waals surface area contributed by atoms with Gasteiger partial charge in [-0.05, 0) is 45.1 Å². The molecule has 0 saturated heterocycles. The van der Waals surface area contributed by atoms with Crippen LogP contribution in [0.3, 0.4) is 0 Å². The summed E-state index contributed by atoms with van der Waals surface area (Å²) in [4.78, 5) is 32.4. The predicted octanol–water partition coefficient (Wildman–Crippen LogP) is 3.38. The number of thioether (sulfide) groups is 1. The highest BCUT2D eigenvalue weighted by atomic mass is 79.9. The van der Waals surface area contributed by atoms with Crippen LogP contribution in [0.4, 0.5) is 0 Å². The largest absolute Gasteiger partial charge is 0.354 e. The molecule has 1 heterocycles. The Labute approximate surface area is 191 Å². The molecule has 0 aliphatic carbocycles. The molecule has 0 fully saturated rings. The van der Waals surface area contributed by atoms with E-state index in [1.807, 2.05) is 50.2 Å². The number of carbonyl (C=O) groups excluding carboxylic acids is 1. The van der Waals surface area contributed by atoms with Crippen LogP contribution in [0.25, 0.3) is 0 Å². The van der Waals surface area contributed by atoms with E-state index in [9.17, 15) is 9.59 Å². The number of carbonyl (C=O) groups is 1. The molecule has 6 nitrogen and oxygen atoms in total. The third-order valence-electron chi connectivity index (χ3n) is 4.79. The van der Waals surface area contributed by atoms with Crippen molar-refractivity contribution in [2.45, 2.75) is 43.5 Å². The van der Waals surface area contributed by atoms with Crippen molar-refractivity contribution in [1.82, 2.24) is 19.8 Å². The molecule has 0 aliphatic heterocycles. The van der Waals surface area contributed by atoms with Crippen molar-refractivity contribution < 1.29 is 4.79 Å². The number of hydrogen-bond acceptors (Lipinski definition) is 5. The molecule has 164 valence electrons. The second-order valence-corrected chi connectivity index (χ2v) is 9.70. The predicted molar refractivity (Wildman–Crippen MR) is 127 cm³/mol. The minimum absolute atomic E-state index is 0.00505. The maximum absolute atomic E-state index is 13.0. The van der Waals surface area contributed by atoms with Crippen LogP contribution in [0.15, 0.2) is 38.7 Å². The van der Waals surface area contributed by atoms with Gasteiger partial charge in [-0.25, -0.2) is 4.98 Å². The van der Waals surface area contributed by atoms with E-state index in [0.29, 0.717) is 29.4 Å². The van der Waals surface area contributed by atoms with Crippen LogP contribution in [-0.4, -0.2) is 52.8 Å². The summed E-state index contributed by atoms with van der Waals surface area (Å²) >= 11 is 4.81. The Hall–Kier alpha value is -1.64. The van der Waals surface area contributed by atoms with Gasteiger partial charge in [-0.3, -0.25) is 14.2 Å². The number of nitrogens with one attached hydrogen (secondary N) is 1. The molecule has 30 heavy (non-hydrogen) atoms. The number of nitrogens with zero attached hydrogens (tertiary/aromatic N) is 3. The van der Waals surface area contributed by atoms with Gasteiger partial charge < -0.3 is 10.2 Å². The lowest BCUT2D eigenvalue weighted by Gasteiger charge is -2.19. The molecule has 0 aliphatic rings. The summed E-state index contributed by atoms with van der Waals surface area (Å²) in [5.41, 5.74) is 2.40. The van der Waals surface area contributed by atoms with Crippen LogP contribution in [0.1, 0.15) is 36.6 Å². The minimum atomic E-state index is -0.271. The summed E-state index contributed by atoms with van der Waals surface area (Å²) in [7, 11) is 5.68. The molecule has 1 N–H and O–H groups in total. The molecule has 1 atom stereocenters. The van der Waals surface area contributed by atoms with Crippen molar-refractivity contribution in [3.05, 3.63) is 55.9 Å². The van der Waals surface area contributed by atoms with Crippen molar-refractivity contribution in [2.24, 2.45) is 7.05 Å². The smallest absolute Gasteiger partial charge is 0.257 e. The number of halogens is 1. The first-order valence-corrected chi connectivity index (χ1v) is 11.8. The zero-order chi connectivity index (χ0) is 22.3. The Bertz CT molecular complexity index is 913. The molecule has 0 radical (unpaired) electrons. The zero-order valence-electron chi connectivity index (χ0n) is 18.4. The molecule has 0 spiro atoms. The molecule has 1 unspecified atom stereocenters. The second-order valence-electron chi connectivity index (χ2n) is 7.62. The van der Waals surface area contributed by atoms with Gasteiger partial charge in [-0.2, -0.15) is 0 Å². The standard InChI is InChI=1S/C22H31BrN4O2S/c1-6-7-19(20(28)24-12-13-26(3)4)30-22-25-15(2)18(21(29)27(22)5)14-16-8-10-17(23)11-9-16/h8-11,19H,6-7,12-14H2,1-5H3,(H,24,28). The van der Waals surface area contributed by atoms with E-state index < -0.39 is 0 Å². The van der Waals surface area contributed by atoms with E-state index in [0.717, 1.165) is 29.4 Å². The van der Waals surface area contributed by atoms with Gasteiger partial charge in [0, 0.05) is 42.3 Å². The molecule has 0 saturated carbocycles. The Kier molecular flexibility index (Phi) is 9.58. The lowest BCUT2D eigenvalue weighted by molar-refractivity contribution is -0.120. The van der Waals surface area contributed by atoms with Crippen LogP contribution in [0.5, 0.6) is 0 Å². The van der Waals surface area contributed by atoms with Crippen molar-refractivity contribution in [3.63, 3.8) is 0 Å². The van der Waals surface area contributed by atoms with Gasteiger partial charge in [0.25, 0.3) is 5.56 Å². The highest BCUT2D eigenvalue weighted by molar-refractivity contribution is 9.10.